The maximum absolute atomic E-state index is 9.42. The topological polar surface area (TPSA) is 94.8 Å². The second-order valence-corrected chi connectivity index (χ2v) is 8.71. The number of aromatic nitrogens is 3. The summed E-state index contributed by atoms with van der Waals surface area (Å²) >= 11 is 0. The number of rotatable bonds is 11. The summed E-state index contributed by atoms with van der Waals surface area (Å²) in [6.07, 6.45) is 9.74. The summed E-state index contributed by atoms with van der Waals surface area (Å²) in [6.45, 7) is 6.73. The Morgan fingerprint density at radius 3 is 1.73 bits per heavy atom. The van der Waals surface area contributed by atoms with Gasteiger partial charge in [-0.2, -0.15) is 15.0 Å². The van der Waals surface area contributed by atoms with Gasteiger partial charge >= 0.3 is 6.01 Å². The lowest BCUT2D eigenvalue weighted by Crippen LogP contribution is -2.38. The van der Waals surface area contributed by atoms with Gasteiger partial charge in [0.15, 0.2) is 0 Å². The number of piperidine rings is 2. The third-order valence-electron chi connectivity index (χ3n) is 6.38. The number of aliphatic hydroxyl groups is 2. The van der Waals surface area contributed by atoms with Crippen molar-refractivity contribution in [1.29, 1.82) is 0 Å². The number of aliphatic hydroxyl groups excluding tert-OH is 2. The van der Waals surface area contributed by atoms with Crippen molar-refractivity contribution in [2.24, 2.45) is 11.8 Å². The maximum Gasteiger partial charge on any atom is 0.323 e. The molecule has 0 radical (unpaired) electrons. The number of nitrogens with zero attached hydrogens (tertiary/aromatic N) is 5. The molecule has 0 unspecified atom stereocenters. The number of ether oxygens (including phenoxy) is 1. The van der Waals surface area contributed by atoms with Gasteiger partial charge in [-0.05, 0) is 43.9 Å². The van der Waals surface area contributed by atoms with Gasteiger partial charge in [-0.15, -0.1) is 0 Å². The zero-order chi connectivity index (χ0) is 21.2. The Morgan fingerprint density at radius 2 is 1.27 bits per heavy atom. The highest BCUT2D eigenvalue weighted by atomic mass is 16.5. The zero-order valence-corrected chi connectivity index (χ0v) is 18.5. The number of hydrogen-bond donors (Lipinski definition) is 2. The van der Waals surface area contributed by atoms with Crippen LogP contribution in [-0.2, 0) is 0 Å². The van der Waals surface area contributed by atoms with Crippen LogP contribution in [0.4, 0.5) is 11.9 Å². The van der Waals surface area contributed by atoms with Crippen LogP contribution in [0.5, 0.6) is 6.01 Å². The molecule has 2 aliphatic heterocycles. The number of anilines is 2. The maximum atomic E-state index is 9.42. The van der Waals surface area contributed by atoms with E-state index >= 15 is 0 Å². The Hall–Kier alpha value is -1.67. The predicted octanol–water partition coefficient (Wildman–Crippen LogP) is 2.64. The van der Waals surface area contributed by atoms with Gasteiger partial charge in [-0.25, -0.2) is 0 Å². The first-order valence-corrected chi connectivity index (χ1v) is 11.8. The second kappa shape index (κ2) is 12.2. The monoisotopic (exact) mass is 421 g/mol. The molecule has 0 saturated carbocycles. The quantitative estimate of drug-likeness (QED) is 0.527. The van der Waals surface area contributed by atoms with Crippen LogP contribution in [0.3, 0.4) is 0 Å². The fourth-order valence-electron chi connectivity index (χ4n) is 4.18. The Morgan fingerprint density at radius 1 is 0.767 bits per heavy atom. The van der Waals surface area contributed by atoms with Crippen LogP contribution in [-0.4, -0.2) is 71.2 Å². The van der Waals surface area contributed by atoms with Gasteiger partial charge in [0.1, 0.15) is 0 Å². The molecule has 2 aliphatic rings. The minimum Gasteiger partial charge on any atom is -0.463 e. The molecule has 3 heterocycles. The average molecular weight is 422 g/mol. The summed E-state index contributed by atoms with van der Waals surface area (Å²) in [7, 11) is 0. The molecular weight excluding hydrogens is 382 g/mol. The molecule has 0 aromatic carbocycles. The molecule has 8 heteroatoms. The minimum absolute atomic E-state index is 0.252. The normalized spacial score (nSPS) is 18.8. The lowest BCUT2D eigenvalue weighted by molar-refractivity contribution is 0.201. The summed E-state index contributed by atoms with van der Waals surface area (Å²) in [5, 5.41) is 18.8. The molecule has 170 valence electrons. The van der Waals surface area contributed by atoms with Crippen LogP contribution in [0, 0.1) is 11.8 Å². The second-order valence-electron chi connectivity index (χ2n) is 8.71. The Bertz CT molecular complexity index is 575. The van der Waals surface area contributed by atoms with Crippen LogP contribution < -0.4 is 14.5 Å². The van der Waals surface area contributed by atoms with E-state index in [-0.39, 0.29) is 13.2 Å². The van der Waals surface area contributed by atoms with Gasteiger partial charge in [0, 0.05) is 39.4 Å². The first kappa shape index (κ1) is 23.0. The van der Waals surface area contributed by atoms with Crippen molar-refractivity contribution < 1.29 is 14.9 Å². The Kier molecular flexibility index (Phi) is 9.39. The average Bonchev–Trinajstić information content (AvgIpc) is 2.81. The summed E-state index contributed by atoms with van der Waals surface area (Å²) in [5.74, 6) is 2.11. The van der Waals surface area contributed by atoms with E-state index in [1.165, 1.54) is 25.7 Å². The summed E-state index contributed by atoms with van der Waals surface area (Å²) < 4.78 is 5.94. The lowest BCUT2D eigenvalue weighted by Gasteiger charge is -2.33. The van der Waals surface area contributed by atoms with Gasteiger partial charge in [0.2, 0.25) is 11.9 Å². The van der Waals surface area contributed by atoms with E-state index in [4.69, 9.17) is 9.72 Å². The van der Waals surface area contributed by atoms with Gasteiger partial charge in [-0.3, -0.25) is 0 Å². The van der Waals surface area contributed by atoms with E-state index < -0.39 is 0 Å². The molecular formula is C22H39N5O3. The summed E-state index contributed by atoms with van der Waals surface area (Å²) in [4.78, 5) is 18.4. The van der Waals surface area contributed by atoms with Crippen LogP contribution in [0.15, 0.2) is 0 Å². The highest BCUT2D eigenvalue weighted by Crippen LogP contribution is 2.26. The number of hydrogen-bond acceptors (Lipinski definition) is 8. The molecule has 2 saturated heterocycles. The van der Waals surface area contributed by atoms with Crippen molar-refractivity contribution in [2.45, 2.75) is 64.7 Å². The summed E-state index contributed by atoms with van der Waals surface area (Å²) in [6, 6.07) is 0.416. The van der Waals surface area contributed by atoms with E-state index in [1.54, 1.807) is 0 Å². The molecule has 0 spiro atoms. The standard InChI is InChI=1S/C22H39N5O3/c1-2-3-4-5-6-15-30-22-24-20(26-11-7-18(16-28)8-12-26)23-21(25-22)27-13-9-19(17-29)10-14-27/h18-19,28-29H,2-17H2,1H3. The first-order valence-electron chi connectivity index (χ1n) is 11.8. The van der Waals surface area contributed by atoms with Gasteiger partial charge in [0.25, 0.3) is 0 Å². The summed E-state index contributed by atoms with van der Waals surface area (Å²) in [5.41, 5.74) is 0. The minimum atomic E-state index is 0.252. The van der Waals surface area contributed by atoms with Gasteiger partial charge in [0.05, 0.1) is 6.61 Å². The van der Waals surface area contributed by atoms with Crippen molar-refractivity contribution in [3.05, 3.63) is 0 Å². The molecule has 0 amide bonds. The van der Waals surface area contributed by atoms with Crippen LogP contribution in [0.2, 0.25) is 0 Å². The molecule has 3 rings (SSSR count). The Balaban J connectivity index is 1.66. The van der Waals surface area contributed by atoms with Gasteiger partial charge < -0.3 is 24.7 Å². The van der Waals surface area contributed by atoms with Crippen LogP contribution in [0.25, 0.3) is 0 Å². The van der Waals surface area contributed by atoms with E-state index in [2.05, 4.69) is 26.7 Å². The van der Waals surface area contributed by atoms with Crippen LogP contribution >= 0.6 is 0 Å². The van der Waals surface area contributed by atoms with E-state index in [0.29, 0.717) is 36.3 Å². The van der Waals surface area contributed by atoms with E-state index in [9.17, 15) is 10.2 Å². The van der Waals surface area contributed by atoms with Crippen molar-refractivity contribution in [2.75, 3.05) is 55.8 Å². The molecule has 0 bridgehead atoms. The predicted molar refractivity (Wildman–Crippen MR) is 118 cm³/mol. The van der Waals surface area contributed by atoms with Crippen molar-refractivity contribution in [1.82, 2.24) is 15.0 Å². The van der Waals surface area contributed by atoms with Gasteiger partial charge in [-0.1, -0.05) is 32.6 Å². The smallest absolute Gasteiger partial charge is 0.323 e. The number of unbranched alkanes of at least 4 members (excludes halogenated alkanes) is 4. The molecule has 8 nitrogen and oxygen atoms in total. The SMILES string of the molecule is CCCCCCCOc1nc(N2CCC(CO)CC2)nc(N2CCC(CO)CC2)n1. The largest absolute Gasteiger partial charge is 0.463 e. The third-order valence-corrected chi connectivity index (χ3v) is 6.38. The molecule has 1 aromatic heterocycles. The van der Waals surface area contributed by atoms with Crippen molar-refractivity contribution >= 4 is 11.9 Å². The van der Waals surface area contributed by atoms with E-state index in [0.717, 1.165) is 58.3 Å². The fraction of sp³-hybridized carbons (Fsp3) is 0.864. The Labute approximate surface area is 180 Å². The first-order chi connectivity index (χ1) is 14.7. The highest BCUT2D eigenvalue weighted by molar-refractivity contribution is 5.41. The molecule has 2 fully saturated rings. The molecule has 1 aromatic rings. The highest BCUT2D eigenvalue weighted by Gasteiger charge is 2.25. The molecule has 0 atom stereocenters. The fourth-order valence-corrected chi connectivity index (χ4v) is 4.18. The van der Waals surface area contributed by atoms with Crippen molar-refractivity contribution in [3.63, 3.8) is 0 Å². The zero-order valence-electron chi connectivity index (χ0n) is 18.5. The lowest BCUT2D eigenvalue weighted by atomic mass is 9.98. The third kappa shape index (κ3) is 6.67. The molecule has 2 N–H and O–H groups in total. The molecule has 30 heavy (non-hydrogen) atoms. The van der Waals surface area contributed by atoms with E-state index in [1.807, 2.05) is 0 Å². The molecule has 0 aliphatic carbocycles. The van der Waals surface area contributed by atoms with Crippen LogP contribution in [0.1, 0.15) is 64.7 Å². The van der Waals surface area contributed by atoms with Crippen molar-refractivity contribution in [3.8, 4) is 6.01 Å².